The zero-order chi connectivity index (χ0) is 23.4. The van der Waals surface area contributed by atoms with E-state index in [1.54, 1.807) is 6.92 Å². The minimum atomic E-state index is -0.943. The molecule has 2 aliphatic carbocycles. The van der Waals surface area contributed by atoms with E-state index in [-0.39, 0.29) is 36.8 Å². The van der Waals surface area contributed by atoms with E-state index in [0.29, 0.717) is 6.42 Å². The van der Waals surface area contributed by atoms with Crippen LogP contribution >= 0.6 is 0 Å². The van der Waals surface area contributed by atoms with Crippen molar-refractivity contribution in [1.82, 2.24) is 10.6 Å². The first-order valence-electron chi connectivity index (χ1n) is 11.6. The lowest BCUT2D eigenvalue weighted by Crippen LogP contribution is -2.44. The van der Waals surface area contributed by atoms with E-state index in [1.807, 2.05) is 24.3 Å². The highest BCUT2D eigenvalue weighted by Crippen LogP contribution is 2.44. The molecule has 7 heteroatoms. The van der Waals surface area contributed by atoms with Gasteiger partial charge >= 0.3 is 12.1 Å². The Morgan fingerprint density at radius 1 is 1.03 bits per heavy atom. The number of amides is 2. The molecule has 1 saturated carbocycles. The Bertz CT molecular complexity index is 991. The molecule has 2 aromatic carbocycles. The maximum absolute atomic E-state index is 12.6. The van der Waals surface area contributed by atoms with Crippen molar-refractivity contribution in [2.45, 2.75) is 57.0 Å². The number of carbonyl (C=O) groups excluding carboxylic acids is 2. The number of carboxylic acid groups (broad SMARTS) is 1. The molecule has 0 heterocycles. The zero-order valence-electron chi connectivity index (χ0n) is 18.8. The van der Waals surface area contributed by atoms with Crippen LogP contribution in [-0.4, -0.2) is 41.8 Å². The standard InChI is InChI=1S/C26H30N2O5/c1-16(13-24(29)30)27-25(31)17-7-6-8-18(14-17)28-26(32)33-15-23-21-11-4-2-9-19(21)20-10-3-5-12-22(20)23/h2-5,9-12,16-18,23H,6-8,13-15H2,1H3,(H,27,31)(H,28,32)(H,29,30)/t16-,17-,18+/m0/s1. The van der Waals surface area contributed by atoms with Gasteiger partial charge in [-0.15, -0.1) is 0 Å². The fraction of sp³-hybridized carbons (Fsp3) is 0.423. The molecular formula is C26H30N2O5. The molecule has 2 amide bonds. The molecule has 4 rings (SSSR count). The van der Waals surface area contributed by atoms with Crippen LogP contribution in [0.25, 0.3) is 11.1 Å². The van der Waals surface area contributed by atoms with Crippen LogP contribution < -0.4 is 10.6 Å². The molecule has 3 atom stereocenters. The van der Waals surface area contributed by atoms with Gasteiger partial charge in [-0.1, -0.05) is 55.0 Å². The zero-order valence-corrected chi connectivity index (χ0v) is 18.8. The Hall–Kier alpha value is -3.35. The van der Waals surface area contributed by atoms with Crippen LogP contribution in [0.5, 0.6) is 0 Å². The van der Waals surface area contributed by atoms with Crippen molar-refractivity contribution in [2.24, 2.45) is 5.92 Å². The van der Waals surface area contributed by atoms with Crippen LogP contribution in [0, 0.1) is 5.92 Å². The number of hydrogen-bond acceptors (Lipinski definition) is 4. The summed E-state index contributed by atoms with van der Waals surface area (Å²) < 4.78 is 5.63. The van der Waals surface area contributed by atoms with Gasteiger partial charge in [0, 0.05) is 23.9 Å². The van der Waals surface area contributed by atoms with Crippen LogP contribution in [0.15, 0.2) is 48.5 Å². The first-order chi connectivity index (χ1) is 15.9. The third-order valence-electron chi connectivity index (χ3n) is 6.58. The van der Waals surface area contributed by atoms with Crippen molar-refractivity contribution in [3.8, 4) is 11.1 Å². The Kier molecular flexibility index (Phi) is 6.96. The maximum Gasteiger partial charge on any atom is 0.407 e. The van der Waals surface area contributed by atoms with Crippen molar-refractivity contribution < 1.29 is 24.2 Å². The number of aliphatic carboxylic acids is 1. The number of alkyl carbamates (subject to hydrolysis) is 1. The van der Waals surface area contributed by atoms with Crippen LogP contribution in [0.1, 0.15) is 56.1 Å². The second-order valence-corrected chi connectivity index (χ2v) is 9.04. The van der Waals surface area contributed by atoms with E-state index < -0.39 is 18.1 Å². The van der Waals surface area contributed by atoms with E-state index >= 15 is 0 Å². The molecule has 1 fully saturated rings. The van der Waals surface area contributed by atoms with Gasteiger partial charge < -0.3 is 20.5 Å². The fourth-order valence-electron chi connectivity index (χ4n) is 5.04. The fourth-order valence-corrected chi connectivity index (χ4v) is 5.04. The molecule has 0 spiro atoms. The summed E-state index contributed by atoms with van der Waals surface area (Å²) in [6, 6.07) is 15.8. The van der Waals surface area contributed by atoms with Crippen LogP contribution in [-0.2, 0) is 14.3 Å². The molecular weight excluding hydrogens is 420 g/mol. The summed E-state index contributed by atoms with van der Waals surface area (Å²) in [5.74, 6) is -1.33. The Balaban J connectivity index is 1.30. The monoisotopic (exact) mass is 450 g/mol. The SMILES string of the molecule is C[C@@H](CC(=O)O)NC(=O)[C@H]1CCC[C@@H](NC(=O)OCC2c3ccccc3-c3ccccc32)C1. The van der Waals surface area contributed by atoms with Gasteiger partial charge in [0.15, 0.2) is 0 Å². The lowest BCUT2D eigenvalue weighted by Gasteiger charge is -2.29. The second-order valence-electron chi connectivity index (χ2n) is 9.04. The average Bonchev–Trinajstić information content (AvgIpc) is 3.11. The topological polar surface area (TPSA) is 105 Å². The average molecular weight is 451 g/mol. The number of benzene rings is 2. The molecule has 0 aliphatic heterocycles. The highest BCUT2D eigenvalue weighted by Gasteiger charge is 2.31. The van der Waals surface area contributed by atoms with Crippen molar-refractivity contribution in [3.05, 3.63) is 59.7 Å². The number of carboxylic acids is 1. The van der Waals surface area contributed by atoms with Crippen LogP contribution in [0.4, 0.5) is 4.79 Å². The predicted molar refractivity (Wildman–Crippen MR) is 124 cm³/mol. The van der Waals surface area contributed by atoms with Crippen molar-refractivity contribution in [3.63, 3.8) is 0 Å². The minimum absolute atomic E-state index is 0.00348. The molecule has 0 unspecified atom stereocenters. The molecule has 0 radical (unpaired) electrons. The summed E-state index contributed by atoms with van der Waals surface area (Å²) in [4.78, 5) is 35.9. The van der Waals surface area contributed by atoms with Gasteiger partial charge in [-0.3, -0.25) is 9.59 Å². The highest BCUT2D eigenvalue weighted by atomic mass is 16.5. The van der Waals surface area contributed by atoms with E-state index in [9.17, 15) is 14.4 Å². The summed E-state index contributed by atoms with van der Waals surface area (Å²) in [7, 11) is 0. The van der Waals surface area contributed by atoms with Crippen LogP contribution in [0.3, 0.4) is 0 Å². The number of carbonyl (C=O) groups is 3. The summed E-state index contributed by atoms with van der Waals surface area (Å²) in [5.41, 5.74) is 4.69. The summed E-state index contributed by atoms with van der Waals surface area (Å²) in [6.45, 7) is 1.93. The van der Waals surface area contributed by atoms with Gasteiger partial charge in [0.1, 0.15) is 6.61 Å². The number of hydrogen-bond donors (Lipinski definition) is 3. The van der Waals surface area contributed by atoms with Gasteiger partial charge in [-0.25, -0.2) is 4.79 Å². The van der Waals surface area contributed by atoms with Crippen LogP contribution in [0.2, 0.25) is 0 Å². The Morgan fingerprint density at radius 3 is 2.30 bits per heavy atom. The molecule has 33 heavy (non-hydrogen) atoms. The first kappa shape index (κ1) is 22.8. The largest absolute Gasteiger partial charge is 0.481 e. The van der Waals surface area contributed by atoms with E-state index in [0.717, 1.165) is 30.4 Å². The molecule has 0 saturated heterocycles. The summed E-state index contributed by atoms with van der Waals surface area (Å²) in [6.07, 6.45) is 2.28. The van der Waals surface area contributed by atoms with Gasteiger partial charge in [0.25, 0.3) is 0 Å². The van der Waals surface area contributed by atoms with E-state index in [1.165, 1.54) is 11.1 Å². The minimum Gasteiger partial charge on any atom is -0.481 e. The summed E-state index contributed by atoms with van der Waals surface area (Å²) in [5, 5.41) is 14.6. The number of ether oxygens (including phenoxy) is 1. The Morgan fingerprint density at radius 2 is 1.67 bits per heavy atom. The molecule has 3 N–H and O–H groups in total. The molecule has 2 aromatic rings. The van der Waals surface area contributed by atoms with Gasteiger partial charge in [0.05, 0.1) is 6.42 Å². The van der Waals surface area contributed by atoms with Crippen molar-refractivity contribution in [2.75, 3.05) is 6.61 Å². The normalized spacial score (nSPS) is 20.3. The maximum atomic E-state index is 12.6. The number of rotatable bonds is 7. The quantitative estimate of drug-likeness (QED) is 0.590. The van der Waals surface area contributed by atoms with E-state index in [2.05, 4.69) is 34.9 Å². The molecule has 2 aliphatic rings. The smallest absolute Gasteiger partial charge is 0.407 e. The van der Waals surface area contributed by atoms with E-state index in [4.69, 9.17) is 9.84 Å². The molecule has 0 bridgehead atoms. The summed E-state index contributed by atoms with van der Waals surface area (Å²) >= 11 is 0. The third-order valence-corrected chi connectivity index (χ3v) is 6.58. The highest BCUT2D eigenvalue weighted by molar-refractivity contribution is 5.80. The van der Waals surface area contributed by atoms with Gasteiger partial charge in [0.2, 0.25) is 5.91 Å². The van der Waals surface area contributed by atoms with Gasteiger partial charge in [-0.05, 0) is 48.4 Å². The molecule has 174 valence electrons. The third kappa shape index (κ3) is 5.35. The predicted octanol–water partition coefficient (Wildman–Crippen LogP) is 4.06. The van der Waals surface area contributed by atoms with Crippen molar-refractivity contribution in [1.29, 1.82) is 0 Å². The number of nitrogens with one attached hydrogen (secondary N) is 2. The number of fused-ring (bicyclic) bond motifs is 3. The Labute approximate surface area is 193 Å². The molecule has 0 aromatic heterocycles. The second kappa shape index (κ2) is 10.1. The van der Waals surface area contributed by atoms with Gasteiger partial charge in [-0.2, -0.15) is 0 Å². The van der Waals surface area contributed by atoms with Crippen molar-refractivity contribution >= 4 is 18.0 Å². The first-order valence-corrected chi connectivity index (χ1v) is 11.6. The molecule has 7 nitrogen and oxygen atoms in total. The lowest BCUT2D eigenvalue weighted by atomic mass is 9.85. The lowest BCUT2D eigenvalue weighted by molar-refractivity contribution is -0.137.